The summed E-state index contributed by atoms with van der Waals surface area (Å²) in [7, 11) is 0. The van der Waals surface area contributed by atoms with Crippen LogP contribution in [-0.4, -0.2) is 15.9 Å². The number of halogens is 3. The highest BCUT2D eigenvalue weighted by atomic mass is 32.2. The van der Waals surface area contributed by atoms with Crippen molar-refractivity contribution >= 4 is 11.8 Å². The maximum atomic E-state index is 12.4. The van der Waals surface area contributed by atoms with Gasteiger partial charge in [-0.2, -0.15) is 0 Å². The van der Waals surface area contributed by atoms with Crippen LogP contribution in [0.1, 0.15) is 36.6 Å². The maximum absolute atomic E-state index is 12.4. The Morgan fingerprint density at radius 3 is 2.29 bits per heavy atom. The number of benzene rings is 1. The first-order chi connectivity index (χ1) is 13.2. The molecule has 0 unspecified atom stereocenters. The molecule has 0 atom stereocenters. The van der Waals surface area contributed by atoms with Crippen molar-refractivity contribution in [3.8, 4) is 5.75 Å². The molecule has 148 valence electrons. The van der Waals surface area contributed by atoms with Crippen LogP contribution in [0.25, 0.3) is 0 Å². The van der Waals surface area contributed by atoms with Crippen LogP contribution >= 0.6 is 11.8 Å². The predicted molar refractivity (Wildman–Crippen MR) is 104 cm³/mol. The number of nitrogens with zero attached hydrogens (tertiary/aromatic N) is 2. The average molecular weight is 406 g/mol. The molecule has 1 aromatic carbocycles. The minimum Gasteiger partial charge on any atom is -0.406 e. The van der Waals surface area contributed by atoms with E-state index in [4.69, 9.17) is 0 Å². The topological polar surface area (TPSA) is 27.1 Å². The number of hydrogen-bond donors (Lipinski definition) is 0. The van der Waals surface area contributed by atoms with Gasteiger partial charge in [0.1, 0.15) is 5.75 Å². The number of alkyl halides is 3. The fourth-order valence-corrected chi connectivity index (χ4v) is 4.12. The van der Waals surface area contributed by atoms with Crippen molar-refractivity contribution in [3.63, 3.8) is 0 Å². The van der Waals surface area contributed by atoms with E-state index in [9.17, 15) is 13.2 Å². The van der Waals surface area contributed by atoms with Gasteiger partial charge in [0.2, 0.25) is 0 Å². The lowest BCUT2D eigenvalue weighted by atomic mass is 10.1. The van der Waals surface area contributed by atoms with Gasteiger partial charge in [-0.25, -0.2) is 0 Å². The van der Waals surface area contributed by atoms with Gasteiger partial charge in [-0.3, -0.25) is 4.98 Å². The van der Waals surface area contributed by atoms with Crippen molar-refractivity contribution < 1.29 is 17.9 Å². The zero-order valence-electron chi connectivity index (χ0n) is 15.8. The standard InChI is InChI=1S/C21H21F3N2OS/c1-14(2)19-12-15(3)26(13-16-8-10-25-11-9-16)20(19)28-18-6-4-17(5-7-18)27-21(22,23)24/h4-12,14H,13H2,1-3H3. The van der Waals surface area contributed by atoms with Crippen LogP contribution < -0.4 is 4.74 Å². The van der Waals surface area contributed by atoms with Crippen LogP contribution in [0.15, 0.2) is 64.8 Å². The Balaban J connectivity index is 1.89. The number of aromatic nitrogens is 2. The van der Waals surface area contributed by atoms with Gasteiger partial charge >= 0.3 is 6.36 Å². The van der Waals surface area contributed by atoms with Crippen LogP contribution in [0.4, 0.5) is 13.2 Å². The lowest BCUT2D eigenvalue weighted by Gasteiger charge is -2.15. The molecule has 2 aromatic heterocycles. The minimum atomic E-state index is -4.68. The molecule has 0 radical (unpaired) electrons. The Morgan fingerprint density at radius 2 is 1.71 bits per heavy atom. The summed E-state index contributed by atoms with van der Waals surface area (Å²) in [4.78, 5) is 4.91. The fraction of sp³-hybridized carbons (Fsp3) is 0.286. The molecule has 3 aromatic rings. The second kappa shape index (κ2) is 8.31. The van der Waals surface area contributed by atoms with Crippen molar-refractivity contribution in [2.24, 2.45) is 0 Å². The molecule has 7 heteroatoms. The van der Waals surface area contributed by atoms with E-state index >= 15 is 0 Å². The Bertz CT molecular complexity index is 919. The van der Waals surface area contributed by atoms with Gasteiger partial charge in [0.15, 0.2) is 0 Å². The first kappa shape index (κ1) is 20.3. The molecule has 0 N–H and O–H groups in total. The fourth-order valence-electron chi connectivity index (χ4n) is 2.90. The highest BCUT2D eigenvalue weighted by Crippen LogP contribution is 2.37. The number of pyridine rings is 1. The molecule has 0 fully saturated rings. The average Bonchev–Trinajstić information content (AvgIpc) is 2.93. The Morgan fingerprint density at radius 1 is 1.07 bits per heavy atom. The van der Waals surface area contributed by atoms with Crippen molar-refractivity contribution in [1.29, 1.82) is 0 Å². The lowest BCUT2D eigenvalue weighted by Crippen LogP contribution is -2.16. The molecule has 0 amide bonds. The molecule has 2 heterocycles. The van der Waals surface area contributed by atoms with Crippen molar-refractivity contribution in [2.75, 3.05) is 0 Å². The summed E-state index contributed by atoms with van der Waals surface area (Å²) in [5, 5.41) is 1.09. The van der Waals surface area contributed by atoms with E-state index in [1.165, 1.54) is 17.7 Å². The van der Waals surface area contributed by atoms with Crippen molar-refractivity contribution in [1.82, 2.24) is 9.55 Å². The van der Waals surface area contributed by atoms with Crippen LogP contribution in [0.3, 0.4) is 0 Å². The van der Waals surface area contributed by atoms with Gasteiger partial charge in [-0.1, -0.05) is 25.6 Å². The summed E-state index contributed by atoms with van der Waals surface area (Å²) in [6.45, 7) is 7.04. The molecule has 0 saturated heterocycles. The molecule has 3 rings (SSSR count). The van der Waals surface area contributed by atoms with Gasteiger partial charge < -0.3 is 9.30 Å². The normalized spacial score (nSPS) is 11.8. The smallest absolute Gasteiger partial charge is 0.406 e. The third-order valence-electron chi connectivity index (χ3n) is 4.27. The summed E-state index contributed by atoms with van der Waals surface area (Å²) in [5.41, 5.74) is 3.49. The predicted octanol–water partition coefficient (Wildman–Crippen LogP) is 6.41. The van der Waals surface area contributed by atoms with E-state index in [-0.39, 0.29) is 5.75 Å². The van der Waals surface area contributed by atoms with Crippen molar-refractivity contribution in [2.45, 2.75) is 49.5 Å². The van der Waals surface area contributed by atoms with Gasteiger partial charge in [0.05, 0.1) is 5.03 Å². The quantitative estimate of drug-likeness (QED) is 0.473. The molecule has 3 nitrogen and oxygen atoms in total. The van der Waals surface area contributed by atoms with Crippen molar-refractivity contribution in [3.05, 3.63) is 71.7 Å². The van der Waals surface area contributed by atoms with Gasteiger partial charge in [0, 0.05) is 29.5 Å². The molecule has 0 aliphatic carbocycles. The van der Waals surface area contributed by atoms with E-state index in [2.05, 4.69) is 41.1 Å². The van der Waals surface area contributed by atoms with E-state index in [1.807, 2.05) is 12.1 Å². The zero-order valence-corrected chi connectivity index (χ0v) is 16.6. The second-order valence-electron chi connectivity index (χ2n) is 6.76. The molecule has 0 aliphatic rings. The monoisotopic (exact) mass is 406 g/mol. The molecule has 0 spiro atoms. The molecule has 0 aliphatic heterocycles. The molecule has 0 bridgehead atoms. The third-order valence-corrected chi connectivity index (χ3v) is 5.42. The Hall–Kier alpha value is -2.41. The third kappa shape index (κ3) is 5.10. The zero-order chi connectivity index (χ0) is 20.3. The molecule has 0 saturated carbocycles. The molecule has 28 heavy (non-hydrogen) atoms. The van der Waals surface area contributed by atoms with Gasteiger partial charge in [-0.05, 0) is 66.4 Å². The van der Waals surface area contributed by atoms with E-state index in [0.29, 0.717) is 12.5 Å². The molecular weight excluding hydrogens is 385 g/mol. The summed E-state index contributed by atoms with van der Waals surface area (Å²) >= 11 is 1.55. The van der Waals surface area contributed by atoms with E-state index in [0.717, 1.165) is 21.2 Å². The number of hydrogen-bond acceptors (Lipinski definition) is 3. The molecular formula is C21H21F3N2OS. The largest absolute Gasteiger partial charge is 0.573 e. The summed E-state index contributed by atoms with van der Waals surface area (Å²) < 4.78 is 43.3. The van der Waals surface area contributed by atoms with Crippen LogP contribution in [0.5, 0.6) is 5.75 Å². The van der Waals surface area contributed by atoms with E-state index < -0.39 is 6.36 Å². The highest BCUT2D eigenvalue weighted by molar-refractivity contribution is 7.99. The van der Waals surface area contributed by atoms with E-state index in [1.54, 1.807) is 36.3 Å². The summed E-state index contributed by atoms with van der Waals surface area (Å²) in [6, 6.07) is 12.1. The first-order valence-electron chi connectivity index (χ1n) is 8.85. The van der Waals surface area contributed by atoms with Gasteiger partial charge in [0.25, 0.3) is 0 Å². The number of aryl methyl sites for hydroxylation is 1. The second-order valence-corrected chi connectivity index (χ2v) is 7.83. The van der Waals surface area contributed by atoms with Crippen LogP contribution in [0.2, 0.25) is 0 Å². The summed E-state index contributed by atoms with van der Waals surface area (Å²) in [6.07, 6.45) is -1.15. The minimum absolute atomic E-state index is 0.218. The van der Waals surface area contributed by atoms with Crippen LogP contribution in [-0.2, 0) is 6.54 Å². The van der Waals surface area contributed by atoms with Gasteiger partial charge in [-0.15, -0.1) is 13.2 Å². The lowest BCUT2D eigenvalue weighted by molar-refractivity contribution is -0.274. The van der Waals surface area contributed by atoms with Crippen LogP contribution in [0, 0.1) is 6.92 Å². The SMILES string of the molecule is Cc1cc(C(C)C)c(Sc2ccc(OC(F)(F)F)cc2)n1Cc1ccncc1. The first-order valence-corrected chi connectivity index (χ1v) is 9.67. The highest BCUT2D eigenvalue weighted by Gasteiger charge is 2.31. The Kier molecular flexibility index (Phi) is 6.03. The Labute approximate surface area is 166 Å². The summed E-state index contributed by atoms with van der Waals surface area (Å²) in [5.74, 6) is 0.108. The maximum Gasteiger partial charge on any atom is 0.573 e. The number of rotatable bonds is 6. The number of ether oxygens (including phenoxy) is 1.